The van der Waals surface area contributed by atoms with Gasteiger partial charge in [-0.25, -0.2) is 0 Å². The number of nitrogens with zero attached hydrogens (tertiary/aromatic N) is 3. The average Bonchev–Trinajstić information content (AvgIpc) is 2.88. The second-order valence-electron chi connectivity index (χ2n) is 4.87. The standard InChI is InChI=1S/C16H15ClN4S/c1-21-15(11-6-8-13(18)9-7-11)19-20-16(21)22-10-12-4-2-3-5-14(12)17/h2-9H,10,18H2,1H3. The van der Waals surface area contributed by atoms with Crippen molar-refractivity contribution in [2.75, 3.05) is 5.73 Å². The van der Waals surface area contributed by atoms with Crippen LogP contribution in [-0.4, -0.2) is 14.8 Å². The van der Waals surface area contributed by atoms with Crippen LogP contribution in [0.15, 0.2) is 53.7 Å². The Morgan fingerprint density at radius 3 is 2.55 bits per heavy atom. The molecule has 1 heterocycles. The molecule has 3 aromatic rings. The molecule has 0 aliphatic carbocycles. The van der Waals surface area contributed by atoms with Gasteiger partial charge in [0.2, 0.25) is 0 Å². The summed E-state index contributed by atoms with van der Waals surface area (Å²) in [6.07, 6.45) is 0. The van der Waals surface area contributed by atoms with Crippen molar-refractivity contribution >= 4 is 29.1 Å². The Labute approximate surface area is 138 Å². The van der Waals surface area contributed by atoms with E-state index < -0.39 is 0 Å². The van der Waals surface area contributed by atoms with Crippen LogP contribution in [-0.2, 0) is 12.8 Å². The van der Waals surface area contributed by atoms with Crippen LogP contribution in [0.5, 0.6) is 0 Å². The lowest BCUT2D eigenvalue weighted by molar-refractivity contribution is 0.794. The summed E-state index contributed by atoms with van der Waals surface area (Å²) in [5.74, 6) is 1.58. The van der Waals surface area contributed by atoms with Gasteiger partial charge in [-0.1, -0.05) is 41.6 Å². The monoisotopic (exact) mass is 330 g/mol. The van der Waals surface area contributed by atoms with Crippen molar-refractivity contribution in [3.8, 4) is 11.4 Å². The summed E-state index contributed by atoms with van der Waals surface area (Å²) in [4.78, 5) is 0. The van der Waals surface area contributed by atoms with Crippen LogP contribution in [0.3, 0.4) is 0 Å². The van der Waals surface area contributed by atoms with E-state index in [1.807, 2.05) is 60.1 Å². The minimum Gasteiger partial charge on any atom is -0.399 e. The lowest BCUT2D eigenvalue weighted by Crippen LogP contribution is -1.95. The highest BCUT2D eigenvalue weighted by atomic mass is 35.5. The molecular weight excluding hydrogens is 316 g/mol. The largest absolute Gasteiger partial charge is 0.399 e. The molecule has 3 rings (SSSR count). The summed E-state index contributed by atoms with van der Waals surface area (Å²) >= 11 is 7.79. The number of thioether (sulfide) groups is 1. The first kappa shape index (κ1) is 14.9. The number of rotatable bonds is 4. The van der Waals surface area contributed by atoms with Crippen LogP contribution in [0, 0.1) is 0 Å². The number of nitrogens with two attached hydrogens (primary N) is 1. The average molecular weight is 331 g/mol. The Morgan fingerprint density at radius 1 is 1.09 bits per heavy atom. The number of nitrogen functional groups attached to an aromatic ring is 1. The fourth-order valence-electron chi connectivity index (χ4n) is 2.08. The highest BCUT2D eigenvalue weighted by molar-refractivity contribution is 7.98. The molecule has 2 N–H and O–H groups in total. The van der Waals surface area contributed by atoms with Crippen molar-refractivity contribution < 1.29 is 0 Å². The molecule has 0 radical (unpaired) electrons. The summed E-state index contributed by atoms with van der Waals surface area (Å²) in [5.41, 5.74) is 8.53. The van der Waals surface area contributed by atoms with Gasteiger partial charge >= 0.3 is 0 Å². The van der Waals surface area contributed by atoms with Crippen molar-refractivity contribution in [2.45, 2.75) is 10.9 Å². The van der Waals surface area contributed by atoms with Crippen molar-refractivity contribution in [2.24, 2.45) is 7.05 Å². The first-order valence-corrected chi connectivity index (χ1v) is 8.13. The zero-order chi connectivity index (χ0) is 15.5. The Morgan fingerprint density at radius 2 is 1.82 bits per heavy atom. The van der Waals surface area contributed by atoms with Crippen LogP contribution < -0.4 is 5.73 Å². The van der Waals surface area contributed by atoms with Gasteiger partial charge in [0.1, 0.15) is 0 Å². The second-order valence-corrected chi connectivity index (χ2v) is 6.22. The van der Waals surface area contributed by atoms with E-state index in [0.717, 1.165) is 38.6 Å². The predicted octanol–water partition coefficient (Wildman–Crippen LogP) is 4.01. The van der Waals surface area contributed by atoms with Gasteiger partial charge < -0.3 is 10.3 Å². The fourth-order valence-corrected chi connectivity index (χ4v) is 3.28. The maximum atomic E-state index is 6.18. The SMILES string of the molecule is Cn1c(SCc2ccccc2Cl)nnc1-c1ccc(N)cc1. The van der Waals surface area contributed by atoms with Crippen LogP contribution in [0.4, 0.5) is 5.69 Å². The van der Waals surface area contributed by atoms with E-state index in [9.17, 15) is 0 Å². The van der Waals surface area contributed by atoms with Crippen LogP contribution in [0.1, 0.15) is 5.56 Å². The number of aromatic nitrogens is 3. The van der Waals surface area contributed by atoms with Gasteiger partial charge in [-0.2, -0.15) is 0 Å². The summed E-state index contributed by atoms with van der Waals surface area (Å²) in [6.45, 7) is 0. The number of benzene rings is 2. The van der Waals surface area contributed by atoms with Crippen LogP contribution >= 0.6 is 23.4 Å². The molecule has 4 nitrogen and oxygen atoms in total. The molecule has 0 bridgehead atoms. The topological polar surface area (TPSA) is 56.7 Å². The molecular formula is C16H15ClN4S. The molecule has 0 aliphatic heterocycles. The predicted molar refractivity (Wildman–Crippen MR) is 91.9 cm³/mol. The molecule has 2 aromatic carbocycles. The molecule has 0 spiro atoms. The third-order valence-corrected chi connectivity index (χ3v) is 4.76. The smallest absolute Gasteiger partial charge is 0.191 e. The zero-order valence-corrected chi connectivity index (χ0v) is 13.6. The van der Waals surface area contributed by atoms with Gasteiger partial charge in [0, 0.05) is 29.1 Å². The summed E-state index contributed by atoms with van der Waals surface area (Å²) in [5, 5.41) is 10.2. The second kappa shape index (κ2) is 6.42. The van der Waals surface area contributed by atoms with E-state index in [1.54, 1.807) is 11.8 Å². The summed E-state index contributed by atoms with van der Waals surface area (Å²) in [6, 6.07) is 15.4. The first-order valence-electron chi connectivity index (χ1n) is 6.76. The Bertz CT molecular complexity index is 783. The molecule has 6 heteroatoms. The lowest BCUT2D eigenvalue weighted by Gasteiger charge is -2.05. The highest BCUT2D eigenvalue weighted by Gasteiger charge is 2.11. The van der Waals surface area contributed by atoms with Gasteiger partial charge in [-0.05, 0) is 35.9 Å². The lowest BCUT2D eigenvalue weighted by atomic mass is 10.2. The maximum Gasteiger partial charge on any atom is 0.191 e. The molecule has 22 heavy (non-hydrogen) atoms. The van der Waals surface area contributed by atoms with Crippen molar-refractivity contribution in [1.82, 2.24) is 14.8 Å². The zero-order valence-electron chi connectivity index (χ0n) is 12.0. The minimum atomic E-state index is 0.735. The highest BCUT2D eigenvalue weighted by Crippen LogP contribution is 2.27. The number of hydrogen-bond acceptors (Lipinski definition) is 4. The van der Waals surface area contributed by atoms with E-state index in [0.29, 0.717) is 0 Å². The van der Waals surface area contributed by atoms with Gasteiger partial charge in [0.25, 0.3) is 0 Å². The van der Waals surface area contributed by atoms with E-state index in [1.165, 1.54) is 0 Å². The third kappa shape index (κ3) is 3.10. The Hall–Kier alpha value is -1.98. The Balaban J connectivity index is 1.79. The van der Waals surface area contributed by atoms with Gasteiger partial charge in [-0.15, -0.1) is 10.2 Å². The van der Waals surface area contributed by atoms with E-state index in [2.05, 4.69) is 10.2 Å². The molecule has 0 saturated carbocycles. The normalized spacial score (nSPS) is 10.8. The molecule has 0 amide bonds. The molecule has 112 valence electrons. The minimum absolute atomic E-state index is 0.735. The first-order chi connectivity index (χ1) is 10.6. The number of hydrogen-bond donors (Lipinski definition) is 1. The third-order valence-electron chi connectivity index (χ3n) is 3.32. The summed E-state index contributed by atoms with van der Waals surface area (Å²) in [7, 11) is 1.96. The van der Waals surface area contributed by atoms with Gasteiger partial charge in [0.15, 0.2) is 11.0 Å². The van der Waals surface area contributed by atoms with Crippen LogP contribution in [0.2, 0.25) is 5.02 Å². The Kier molecular flexibility index (Phi) is 4.36. The van der Waals surface area contributed by atoms with E-state index in [-0.39, 0.29) is 0 Å². The number of halogens is 1. The van der Waals surface area contributed by atoms with Gasteiger partial charge in [0.05, 0.1) is 0 Å². The quantitative estimate of drug-likeness (QED) is 0.580. The maximum absolute atomic E-state index is 6.18. The molecule has 0 fully saturated rings. The molecule has 0 atom stereocenters. The fraction of sp³-hybridized carbons (Fsp3) is 0.125. The van der Waals surface area contributed by atoms with Crippen LogP contribution in [0.25, 0.3) is 11.4 Å². The molecule has 0 unspecified atom stereocenters. The van der Waals surface area contributed by atoms with Crippen molar-refractivity contribution in [3.05, 3.63) is 59.1 Å². The van der Waals surface area contributed by atoms with Crippen molar-refractivity contribution in [1.29, 1.82) is 0 Å². The van der Waals surface area contributed by atoms with E-state index >= 15 is 0 Å². The molecule has 0 saturated heterocycles. The number of anilines is 1. The molecule has 1 aromatic heterocycles. The molecule has 0 aliphatic rings. The van der Waals surface area contributed by atoms with Crippen molar-refractivity contribution in [3.63, 3.8) is 0 Å². The summed E-state index contributed by atoms with van der Waals surface area (Å²) < 4.78 is 1.98. The van der Waals surface area contributed by atoms with E-state index in [4.69, 9.17) is 17.3 Å². The van der Waals surface area contributed by atoms with Gasteiger partial charge in [-0.3, -0.25) is 0 Å².